The summed E-state index contributed by atoms with van der Waals surface area (Å²) in [6.45, 7) is 3.42. The van der Waals surface area contributed by atoms with Gasteiger partial charge in [-0.1, -0.05) is 11.6 Å². The van der Waals surface area contributed by atoms with Gasteiger partial charge in [-0.05, 0) is 25.0 Å². The van der Waals surface area contributed by atoms with Crippen molar-refractivity contribution in [1.29, 1.82) is 0 Å². The number of nitrogens with zero attached hydrogens (tertiary/aromatic N) is 1. The lowest BCUT2D eigenvalue weighted by Gasteiger charge is -2.16. The Hall–Kier alpha value is -1.30. The number of β-amino-alcohol motifs (C(OH)–C–C–N with tert-alkyl or cyclic N) is 1. The van der Waals surface area contributed by atoms with Crippen LogP contribution in [0, 0.1) is 6.92 Å². The molecule has 5 nitrogen and oxygen atoms in total. The van der Waals surface area contributed by atoms with Gasteiger partial charge in [0.15, 0.2) is 0 Å². The minimum atomic E-state index is -0.324. The zero-order valence-electron chi connectivity index (χ0n) is 11.6. The second kappa shape index (κ2) is 6.43. The summed E-state index contributed by atoms with van der Waals surface area (Å²) in [6, 6.07) is 3.48. The van der Waals surface area contributed by atoms with E-state index < -0.39 is 0 Å². The fourth-order valence-corrected chi connectivity index (χ4v) is 2.43. The summed E-state index contributed by atoms with van der Waals surface area (Å²) in [4.78, 5) is 13.9. The van der Waals surface area contributed by atoms with Crippen LogP contribution in [0.4, 0.5) is 5.69 Å². The molecule has 1 saturated heterocycles. The molecule has 0 radical (unpaired) electrons. The highest BCUT2D eigenvalue weighted by Gasteiger charge is 2.22. The average Bonchev–Trinajstić information content (AvgIpc) is 2.78. The second-order valence-electron chi connectivity index (χ2n) is 5.03. The number of amides is 1. The molecule has 1 aromatic rings. The lowest BCUT2D eigenvalue weighted by Crippen LogP contribution is -2.32. The molecule has 0 spiro atoms. The molecule has 0 aliphatic carbocycles. The zero-order chi connectivity index (χ0) is 14.7. The van der Waals surface area contributed by atoms with Crippen LogP contribution in [0.3, 0.4) is 0 Å². The molecule has 110 valence electrons. The first-order valence-electron chi connectivity index (χ1n) is 6.54. The number of methoxy groups -OCH3 is 1. The van der Waals surface area contributed by atoms with Crippen LogP contribution in [-0.2, 0) is 4.79 Å². The largest absolute Gasteiger partial charge is 0.495 e. The lowest BCUT2D eigenvalue weighted by atomic mass is 10.2. The van der Waals surface area contributed by atoms with E-state index in [4.69, 9.17) is 16.3 Å². The third-order valence-electron chi connectivity index (χ3n) is 3.37. The average molecular weight is 299 g/mol. The molecule has 1 unspecified atom stereocenters. The summed E-state index contributed by atoms with van der Waals surface area (Å²) in [5.41, 5.74) is 1.48. The number of anilines is 1. The number of halogens is 1. The molecule has 1 aromatic carbocycles. The molecule has 20 heavy (non-hydrogen) atoms. The topological polar surface area (TPSA) is 61.8 Å². The van der Waals surface area contributed by atoms with Crippen molar-refractivity contribution in [3.05, 3.63) is 22.7 Å². The molecular formula is C14H19ClN2O3. The van der Waals surface area contributed by atoms with E-state index in [1.165, 1.54) is 7.11 Å². The van der Waals surface area contributed by atoms with Crippen molar-refractivity contribution in [2.45, 2.75) is 19.4 Å². The van der Waals surface area contributed by atoms with E-state index in [2.05, 4.69) is 5.32 Å². The number of ether oxygens (including phenoxy) is 1. The first kappa shape index (κ1) is 15.1. The first-order chi connectivity index (χ1) is 9.49. The van der Waals surface area contributed by atoms with Gasteiger partial charge in [0.2, 0.25) is 5.91 Å². The Kier molecular flexibility index (Phi) is 4.86. The van der Waals surface area contributed by atoms with Crippen LogP contribution in [0.1, 0.15) is 12.0 Å². The van der Waals surface area contributed by atoms with Gasteiger partial charge in [-0.15, -0.1) is 0 Å². The maximum absolute atomic E-state index is 12.0. The maximum Gasteiger partial charge on any atom is 0.238 e. The van der Waals surface area contributed by atoms with E-state index in [0.717, 1.165) is 18.5 Å². The number of aryl methyl sites for hydroxylation is 1. The normalized spacial score (nSPS) is 19.1. The van der Waals surface area contributed by atoms with Gasteiger partial charge in [-0.25, -0.2) is 0 Å². The number of benzene rings is 1. The number of aliphatic hydroxyl groups is 1. The molecular weight excluding hydrogens is 280 g/mol. The second-order valence-corrected chi connectivity index (χ2v) is 5.43. The van der Waals surface area contributed by atoms with Crippen molar-refractivity contribution in [3.63, 3.8) is 0 Å². The highest BCUT2D eigenvalue weighted by Crippen LogP contribution is 2.30. The minimum Gasteiger partial charge on any atom is -0.495 e. The van der Waals surface area contributed by atoms with Crippen molar-refractivity contribution in [1.82, 2.24) is 4.90 Å². The third-order valence-corrected chi connectivity index (χ3v) is 3.78. The molecule has 1 amide bonds. The summed E-state index contributed by atoms with van der Waals surface area (Å²) in [5, 5.41) is 12.9. The number of aliphatic hydroxyl groups excluding tert-OH is 1. The van der Waals surface area contributed by atoms with Gasteiger partial charge >= 0.3 is 0 Å². The molecule has 0 saturated carbocycles. The number of likely N-dealkylation sites (tertiary alicyclic amines) is 1. The number of rotatable bonds is 4. The molecule has 1 aliphatic heterocycles. The van der Waals surface area contributed by atoms with Crippen molar-refractivity contribution < 1.29 is 14.6 Å². The van der Waals surface area contributed by atoms with Crippen LogP contribution in [0.5, 0.6) is 5.75 Å². The van der Waals surface area contributed by atoms with E-state index >= 15 is 0 Å². The van der Waals surface area contributed by atoms with Crippen molar-refractivity contribution in [3.8, 4) is 5.75 Å². The number of nitrogens with one attached hydrogen (secondary N) is 1. The molecule has 1 atom stereocenters. The lowest BCUT2D eigenvalue weighted by molar-refractivity contribution is -0.117. The standard InChI is InChI=1S/C14H19ClN2O3/c1-9-5-12(13(20-2)6-11(9)15)16-14(19)8-17-4-3-10(18)7-17/h5-6,10,18H,3-4,7-8H2,1-2H3,(H,16,19). The van der Waals surface area contributed by atoms with Gasteiger partial charge in [0.1, 0.15) is 5.75 Å². The third kappa shape index (κ3) is 3.62. The van der Waals surface area contributed by atoms with Crippen LogP contribution in [0.2, 0.25) is 5.02 Å². The zero-order valence-corrected chi connectivity index (χ0v) is 12.4. The van der Waals surface area contributed by atoms with Gasteiger partial charge < -0.3 is 15.2 Å². The van der Waals surface area contributed by atoms with Gasteiger partial charge in [-0.3, -0.25) is 9.69 Å². The minimum absolute atomic E-state index is 0.126. The summed E-state index contributed by atoms with van der Waals surface area (Å²) < 4.78 is 5.22. The highest BCUT2D eigenvalue weighted by molar-refractivity contribution is 6.31. The summed E-state index contributed by atoms with van der Waals surface area (Å²) in [7, 11) is 1.54. The van der Waals surface area contributed by atoms with Crippen LogP contribution < -0.4 is 10.1 Å². The predicted molar refractivity (Wildman–Crippen MR) is 78.4 cm³/mol. The fraction of sp³-hybridized carbons (Fsp3) is 0.500. The smallest absolute Gasteiger partial charge is 0.238 e. The summed E-state index contributed by atoms with van der Waals surface area (Å²) in [6.07, 6.45) is 0.395. The van der Waals surface area contributed by atoms with E-state index in [9.17, 15) is 9.90 Å². The SMILES string of the molecule is COc1cc(Cl)c(C)cc1NC(=O)CN1CCC(O)C1. The maximum atomic E-state index is 12.0. The number of hydrogen-bond acceptors (Lipinski definition) is 4. The van der Waals surface area contributed by atoms with Crippen molar-refractivity contribution >= 4 is 23.2 Å². The Morgan fingerprint density at radius 2 is 2.35 bits per heavy atom. The Labute approximate surface area is 123 Å². The molecule has 0 aromatic heterocycles. The van der Waals surface area contributed by atoms with Crippen LogP contribution in [0.15, 0.2) is 12.1 Å². The fourth-order valence-electron chi connectivity index (χ4n) is 2.28. The molecule has 1 heterocycles. The summed E-state index contributed by atoms with van der Waals surface area (Å²) in [5.74, 6) is 0.412. The number of hydrogen-bond donors (Lipinski definition) is 2. The van der Waals surface area contributed by atoms with E-state index in [1.54, 1.807) is 12.1 Å². The summed E-state index contributed by atoms with van der Waals surface area (Å²) >= 11 is 6.03. The molecule has 0 bridgehead atoms. The molecule has 1 fully saturated rings. The van der Waals surface area contributed by atoms with Crippen molar-refractivity contribution in [2.75, 3.05) is 32.1 Å². The Morgan fingerprint density at radius 3 is 2.95 bits per heavy atom. The number of carbonyl (C=O) groups is 1. The molecule has 6 heteroatoms. The molecule has 2 rings (SSSR count). The van der Waals surface area contributed by atoms with Gasteiger partial charge in [0.25, 0.3) is 0 Å². The number of carbonyl (C=O) groups excluding carboxylic acids is 1. The Morgan fingerprint density at radius 1 is 1.60 bits per heavy atom. The van der Waals surface area contributed by atoms with E-state index in [1.807, 2.05) is 11.8 Å². The van der Waals surface area contributed by atoms with Crippen LogP contribution >= 0.6 is 11.6 Å². The molecule has 2 N–H and O–H groups in total. The Bertz CT molecular complexity index is 507. The Balaban J connectivity index is 2.02. The van der Waals surface area contributed by atoms with Crippen LogP contribution in [-0.4, -0.2) is 48.8 Å². The van der Waals surface area contributed by atoms with Gasteiger partial charge in [0.05, 0.1) is 25.4 Å². The molecule has 1 aliphatic rings. The first-order valence-corrected chi connectivity index (χ1v) is 6.92. The monoisotopic (exact) mass is 298 g/mol. The van der Waals surface area contributed by atoms with Crippen LogP contribution in [0.25, 0.3) is 0 Å². The quantitative estimate of drug-likeness (QED) is 0.887. The van der Waals surface area contributed by atoms with Gasteiger partial charge in [0, 0.05) is 24.2 Å². The van der Waals surface area contributed by atoms with E-state index in [0.29, 0.717) is 23.0 Å². The predicted octanol–water partition coefficient (Wildman–Crippen LogP) is 1.66. The van der Waals surface area contributed by atoms with Gasteiger partial charge in [-0.2, -0.15) is 0 Å². The van der Waals surface area contributed by atoms with Crippen molar-refractivity contribution in [2.24, 2.45) is 0 Å². The van der Waals surface area contributed by atoms with E-state index in [-0.39, 0.29) is 18.6 Å². The highest BCUT2D eigenvalue weighted by atomic mass is 35.5.